The third-order valence-corrected chi connectivity index (χ3v) is 1.74. The Labute approximate surface area is 71.0 Å². The fourth-order valence-electron chi connectivity index (χ4n) is 1.01. The topological polar surface area (TPSA) is 110 Å². The van der Waals surface area contributed by atoms with Crippen LogP contribution in [0.25, 0.3) is 0 Å². The molecular weight excluding hydrogens is 158 g/mol. The van der Waals surface area contributed by atoms with E-state index in [2.05, 4.69) is 10.6 Å². The van der Waals surface area contributed by atoms with Crippen molar-refractivity contribution in [3.05, 3.63) is 0 Å². The summed E-state index contributed by atoms with van der Waals surface area (Å²) in [6.45, 7) is 0. The Kier molecular flexibility index (Phi) is 2.72. The summed E-state index contributed by atoms with van der Waals surface area (Å²) in [7, 11) is 0.212. The van der Waals surface area contributed by atoms with Gasteiger partial charge in [-0.25, -0.2) is 0 Å². The van der Waals surface area contributed by atoms with Gasteiger partial charge in [-0.15, -0.1) is 0 Å². The molecule has 1 heterocycles. The van der Waals surface area contributed by atoms with E-state index in [0.717, 1.165) is 0 Å². The third-order valence-electron chi connectivity index (χ3n) is 1.74. The fourth-order valence-corrected chi connectivity index (χ4v) is 1.01. The summed E-state index contributed by atoms with van der Waals surface area (Å²) in [4.78, 5) is 22.2. The molecule has 1 fully saturated rings. The maximum Gasteiger partial charge on any atom is 0.236 e. The van der Waals surface area contributed by atoms with Crippen molar-refractivity contribution in [2.24, 2.45) is 11.3 Å². The van der Waals surface area contributed by atoms with Crippen LogP contribution in [-0.2, 0) is 9.59 Å². The number of carbonyl (C=O) groups excluding carboxylic acids is 2. The molecule has 0 aromatic rings. The van der Waals surface area contributed by atoms with Crippen molar-refractivity contribution in [3.63, 3.8) is 0 Å². The lowest BCUT2D eigenvalue weighted by molar-refractivity contribution is -0.132. The van der Waals surface area contributed by atoms with Gasteiger partial charge in [0.15, 0.2) is 0 Å². The van der Waals surface area contributed by atoms with Crippen LogP contribution in [0.3, 0.4) is 0 Å². The predicted molar refractivity (Wildman–Crippen MR) is 46.5 cm³/mol. The lowest BCUT2D eigenvalue weighted by Gasteiger charge is -2.27. The molecule has 1 saturated heterocycles. The van der Waals surface area contributed by atoms with Gasteiger partial charge in [-0.3, -0.25) is 9.59 Å². The molecule has 8 heteroatoms. The first kappa shape index (κ1) is 9.08. The first-order chi connectivity index (χ1) is 5.69. The number of nitrogens with two attached hydrogens (primary N) is 2. The zero-order valence-corrected chi connectivity index (χ0v) is 6.54. The molecule has 64 valence electrons. The average Bonchev–Trinajstić information content (AvgIpc) is 2.08. The summed E-state index contributed by atoms with van der Waals surface area (Å²) in [6, 6.07) is 0. The highest BCUT2D eigenvalue weighted by Crippen LogP contribution is 1.92. The zero-order chi connectivity index (χ0) is 9.14. The van der Waals surface area contributed by atoms with Gasteiger partial charge in [0.05, 0.1) is 11.9 Å². The van der Waals surface area contributed by atoms with Crippen molar-refractivity contribution in [3.8, 4) is 0 Å². The van der Waals surface area contributed by atoms with E-state index in [1.165, 1.54) is 0 Å². The van der Waals surface area contributed by atoms with E-state index < -0.39 is 11.9 Å². The van der Waals surface area contributed by atoms with Gasteiger partial charge in [-0.2, -0.15) is 0 Å². The Hall–Kier alpha value is -1.01. The second-order valence-corrected chi connectivity index (χ2v) is 2.59. The van der Waals surface area contributed by atoms with Crippen molar-refractivity contribution < 1.29 is 9.59 Å². The summed E-state index contributed by atoms with van der Waals surface area (Å²) >= 11 is 0. The first-order valence-corrected chi connectivity index (χ1v) is 3.70. The van der Waals surface area contributed by atoms with Gasteiger partial charge in [0, 0.05) is 0 Å². The van der Waals surface area contributed by atoms with E-state index in [-0.39, 0.29) is 26.6 Å². The van der Waals surface area contributed by atoms with Crippen LogP contribution in [0.15, 0.2) is 0 Å². The molecule has 2 amide bonds. The van der Waals surface area contributed by atoms with Gasteiger partial charge in [0.25, 0.3) is 0 Å². The van der Waals surface area contributed by atoms with E-state index in [1.54, 1.807) is 0 Å². The van der Waals surface area contributed by atoms with Gasteiger partial charge in [0.2, 0.25) is 26.6 Å². The molecule has 0 spiro atoms. The maximum atomic E-state index is 11.1. The van der Waals surface area contributed by atoms with Crippen LogP contribution in [0.2, 0.25) is 0 Å². The van der Waals surface area contributed by atoms with E-state index in [9.17, 15) is 9.59 Å². The molecule has 0 aliphatic carbocycles. The van der Waals surface area contributed by atoms with E-state index in [0.29, 0.717) is 0 Å². The quantitative estimate of drug-likeness (QED) is 0.311. The second-order valence-electron chi connectivity index (χ2n) is 2.59. The van der Waals surface area contributed by atoms with Crippen LogP contribution in [-0.4, -0.2) is 38.5 Å². The van der Waals surface area contributed by atoms with Gasteiger partial charge in [-0.1, -0.05) is 0 Å². The van der Waals surface area contributed by atoms with Crippen LogP contribution in [0, 0.1) is 0 Å². The highest BCUT2D eigenvalue weighted by atomic mass is 16.2. The SMILES string of the molecule is NBC1NC(=O)C(BN)NC1=O. The molecule has 6 N–H and O–H groups in total. The van der Waals surface area contributed by atoms with Crippen molar-refractivity contribution in [1.82, 2.24) is 10.6 Å². The summed E-state index contributed by atoms with van der Waals surface area (Å²) in [5.41, 5.74) is 10.5. The normalized spacial score (nSPS) is 28.8. The minimum absolute atomic E-state index is 0.106. The Morgan fingerprint density at radius 1 is 1.00 bits per heavy atom. The molecule has 2 atom stereocenters. The molecule has 0 radical (unpaired) electrons. The molecular formula is C4H10B2N4O2. The van der Waals surface area contributed by atoms with Gasteiger partial charge in [-0.05, 0) is 0 Å². The Balaban J connectivity index is 2.61. The highest BCUT2D eigenvalue weighted by molar-refractivity contribution is 6.46. The van der Waals surface area contributed by atoms with Crippen molar-refractivity contribution in [1.29, 1.82) is 0 Å². The van der Waals surface area contributed by atoms with Gasteiger partial charge < -0.3 is 21.9 Å². The number of hydrogen-bond donors (Lipinski definition) is 4. The minimum Gasteiger partial charge on any atom is -0.371 e. The molecule has 6 nitrogen and oxygen atoms in total. The second kappa shape index (κ2) is 3.59. The monoisotopic (exact) mass is 168 g/mol. The van der Waals surface area contributed by atoms with Crippen LogP contribution in [0.5, 0.6) is 0 Å². The predicted octanol–water partition coefficient (Wildman–Crippen LogP) is -4.49. The van der Waals surface area contributed by atoms with Crippen LogP contribution in [0.4, 0.5) is 0 Å². The van der Waals surface area contributed by atoms with Crippen molar-refractivity contribution in [2.45, 2.75) is 11.9 Å². The zero-order valence-electron chi connectivity index (χ0n) is 6.54. The number of piperazine rings is 1. The maximum absolute atomic E-state index is 11.1. The largest absolute Gasteiger partial charge is 0.371 e. The molecule has 0 aromatic heterocycles. The molecule has 0 saturated carbocycles. The van der Waals surface area contributed by atoms with E-state index >= 15 is 0 Å². The van der Waals surface area contributed by atoms with Crippen molar-refractivity contribution >= 4 is 26.6 Å². The lowest BCUT2D eigenvalue weighted by atomic mass is 9.76. The smallest absolute Gasteiger partial charge is 0.236 e. The standard InChI is InChI=1S/C4H10B2N4O2/c7-5-1-3(11)10-2(6-8)4(12)9-1/h1-2,5-6H,7-8H2,(H,9,12)(H,10,11). The number of rotatable bonds is 2. The summed E-state index contributed by atoms with van der Waals surface area (Å²) in [5.74, 6) is -1.76. The molecule has 0 aromatic carbocycles. The minimum atomic E-state index is -0.611. The lowest BCUT2D eigenvalue weighted by Crippen LogP contribution is -2.67. The Morgan fingerprint density at radius 2 is 1.33 bits per heavy atom. The fraction of sp³-hybridized carbons (Fsp3) is 0.500. The molecule has 1 aliphatic heterocycles. The molecule has 2 unspecified atom stereocenters. The van der Waals surface area contributed by atoms with Gasteiger partial charge >= 0.3 is 0 Å². The molecule has 1 rings (SSSR count). The number of amides is 2. The summed E-state index contributed by atoms with van der Waals surface area (Å²) in [5, 5.41) is 4.92. The summed E-state index contributed by atoms with van der Waals surface area (Å²) in [6.07, 6.45) is 0. The Morgan fingerprint density at radius 3 is 1.58 bits per heavy atom. The Bertz CT molecular complexity index is 189. The van der Waals surface area contributed by atoms with E-state index in [1.807, 2.05) is 0 Å². The molecule has 0 bridgehead atoms. The number of hydrogen-bond acceptors (Lipinski definition) is 4. The van der Waals surface area contributed by atoms with Crippen LogP contribution in [0.1, 0.15) is 0 Å². The molecule has 12 heavy (non-hydrogen) atoms. The van der Waals surface area contributed by atoms with Crippen molar-refractivity contribution in [2.75, 3.05) is 0 Å². The first-order valence-electron chi connectivity index (χ1n) is 3.70. The highest BCUT2D eigenvalue weighted by Gasteiger charge is 2.32. The van der Waals surface area contributed by atoms with Crippen LogP contribution >= 0.6 is 0 Å². The van der Waals surface area contributed by atoms with Crippen LogP contribution < -0.4 is 21.9 Å². The summed E-state index contributed by atoms with van der Waals surface area (Å²) < 4.78 is 0. The van der Waals surface area contributed by atoms with E-state index in [4.69, 9.17) is 11.3 Å². The number of carbonyl (C=O) groups is 2. The average molecular weight is 168 g/mol. The molecule has 1 aliphatic rings. The number of nitrogens with one attached hydrogen (secondary N) is 2. The van der Waals surface area contributed by atoms with Gasteiger partial charge in [0.1, 0.15) is 0 Å². The third kappa shape index (κ3) is 1.59.